The van der Waals surface area contributed by atoms with Gasteiger partial charge >= 0.3 is 0 Å². The van der Waals surface area contributed by atoms with E-state index >= 15 is 0 Å². The Bertz CT molecular complexity index is 759. The van der Waals surface area contributed by atoms with Crippen LogP contribution >= 0.6 is 0 Å². The highest BCUT2D eigenvalue weighted by Gasteiger charge is 2.33. The van der Waals surface area contributed by atoms with Crippen LogP contribution in [0.3, 0.4) is 0 Å². The van der Waals surface area contributed by atoms with Crippen molar-refractivity contribution in [3.63, 3.8) is 0 Å². The molecule has 1 amide bonds. The highest BCUT2D eigenvalue weighted by atomic mass is 16.5. The molecule has 5 nitrogen and oxygen atoms in total. The number of hydrogen-bond donors (Lipinski definition) is 2. The molecule has 2 fully saturated rings. The average Bonchev–Trinajstić information content (AvgIpc) is 3.20. The number of ether oxygens (including phenoxy) is 2. The van der Waals surface area contributed by atoms with Gasteiger partial charge in [-0.15, -0.1) is 0 Å². The minimum absolute atomic E-state index is 0.0528. The fourth-order valence-corrected chi connectivity index (χ4v) is 3.87. The van der Waals surface area contributed by atoms with Crippen LogP contribution in [0.25, 0.3) is 0 Å². The van der Waals surface area contributed by atoms with Crippen LogP contribution in [0.15, 0.2) is 54.6 Å². The fraction of sp³-hybridized carbons (Fsp3) is 0.409. The maximum atomic E-state index is 12.9. The first kappa shape index (κ1) is 18.0. The van der Waals surface area contributed by atoms with E-state index in [0.29, 0.717) is 6.54 Å². The molecule has 142 valence electrons. The van der Waals surface area contributed by atoms with E-state index in [2.05, 4.69) is 22.8 Å². The summed E-state index contributed by atoms with van der Waals surface area (Å²) in [4.78, 5) is 12.9. The standard InChI is InChI=1S/C22H26N2O3/c25-22(21-15-23-14-20(21)16-5-2-1-3-6-16)24-17-7-4-8-19(13-17)27-18-9-11-26-12-10-18/h1-8,13,18,20-21,23H,9-12,14-15H2,(H,24,25)/t20-,21+/m1/s1. The zero-order valence-corrected chi connectivity index (χ0v) is 15.4. The molecule has 4 rings (SSSR count). The van der Waals surface area contributed by atoms with E-state index in [1.54, 1.807) is 0 Å². The first-order valence-electron chi connectivity index (χ1n) is 9.70. The summed E-state index contributed by atoms with van der Waals surface area (Å²) in [6, 6.07) is 17.9. The van der Waals surface area contributed by atoms with Crippen LogP contribution in [0.5, 0.6) is 5.75 Å². The molecule has 2 aliphatic rings. The molecule has 0 saturated carbocycles. The van der Waals surface area contributed by atoms with Crippen molar-refractivity contribution in [1.82, 2.24) is 5.32 Å². The number of rotatable bonds is 5. The van der Waals surface area contributed by atoms with Gasteiger partial charge in [0.2, 0.25) is 5.91 Å². The summed E-state index contributed by atoms with van der Waals surface area (Å²) in [5.74, 6) is 0.973. The van der Waals surface area contributed by atoms with Gasteiger partial charge in [0, 0.05) is 43.6 Å². The predicted molar refractivity (Wildman–Crippen MR) is 105 cm³/mol. The summed E-state index contributed by atoms with van der Waals surface area (Å²) in [6.07, 6.45) is 2.00. The number of hydrogen-bond acceptors (Lipinski definition) is 4. The van der Waals surface area contributed by atoms with E-state index in [1.807, 2.05) is 42.5 Å². The van der Waals surface area contributed by atoms with Crippen LogP contribution in [0, 0.1) is 5.92 Å². The van der Waals surface area contributed by atoms with Gasteiger partial charge in [-0.2, -0.15) is 0 Å². The molecule has 0 aliphatic carbocycles. The molecule has 0 bridgehead atoms. The first-order chi connectivity index (χ1) is 13.3. The normalized spacial score (nSPS) is 23.1. The molecule has 5 heteroatoms. The molecule has 2 atom stereocenters. The molecule has 2 N–H and O–H groups in total. The largest absolute Gasteiger partial charge is 0.490 e. The third-order valence-corrected chi connectivity index (χ3v) is 5.35. The van der Waals surface area contributed by atoms with Gasteiger partial charge in [0.25, 0.3) is 0 Å². The van der Waals surface area contributed by atoms with Crippen molar-refractivity contribution in [2.24, 2.45) is 5.92 Å². The summed E-state index contributed by atoms with van der Waals surface area (Å²) < 4.78 is 11.4. The van der Waals surface area contributed by atoms with Crippen molar-refractivity contribution in [3.8, 4) is 5.75 Å². The number of benzene rings is 2. The quantitative estimate of drug-likeness (QED) is 0.853. The van der Waals surface area contributed by atoms with Gasteiger partial charge in [-0.3, -0.25) is 4.79 Å². The smallest absolute Gasteiger partial charge is 0.229 e. The van der Waals surface area contributed by atoms with Gasteiger partial charge in [-0.25, -0.2) is 0 Å². The molecule has 0 radical (unpaired) electrons. The fourth-order valence-electron chi connectivity index (χ4n) is 3.87. The van der Waals surface area contributed by atoms with Crippen molar-refractivity contribution in [2.75, 3.05) is 31.6 Å². The second-order valence-electron chi connectivity index (χ2n) is 7.23. The zero-order chi connectivity index (χ0) is 18.5. The Kier molecular flexibility index (Phi) is 5.70. The van der Waals surface area contributed by atoms with Crippen LogP contribution in [0.2, 0.25) is 0 Å². The minimum Gasteiger partial charge on any atom is -0.490 e. The monoisotopic (exact) mass is 366 g/mol. The average molecular weight is 366 g/mol. The van der Waals surface area contributed by atoms with E-state index in [-0.39, 0.29) is 23.8 Å². The third-order valence-electron chi connectivity index (χ3n) is 5.35. The number of carbonyl (C=O) groups is 1. The van der Waals surface area contributed by atoms with Crippen LogP contribution in [-0.4, -0.2) is 38.3 Å². The summed E-state index contributed by atoms with van der Waals surface area (Å²) >= 11 is 0. The summed E-state index contributed by atoms with van der Waals surface area (Å²) in [5.41, 5.74) is 1.99. The molecule has 2 aromatic carbocycles. The van der Waals surface area contributed by atoms with E-state index in [4.69, 9.17) is 9.47 Å². The van der Waals surface area contributed by atoms with Crippen LogP contribution < -0.4 is 15.4 Å². The minimum atomic E-state index is -0.0764. The molecule has 0 aromatic heterocycles. The lowest BCUT2D eigenvalue weighted by Gasteiger charge is -2.23. The second-order valence-corrected chi connectivity index (χ2v) is 7.23. The lowest BCUT2D eigenvalue weighted by atomic mass is 9.88. The van der Waals surface area contributed by atoms with Gasteiger partial charge < -0.3 is 20.1 Å². The maximum Gasteiger partial charge on any atom is 0.229 e. The topological polar surface area (TPSA) is 59.6 Å². The Morgan fingerprint density at radius 3 is 2.67 bits per heavy atom. The Morgan fingerprint density at radius 2 is 1.85 bits per heavy atom. The van der Waals surface area contributed by atoms with Crippen molar-refractivity contribution in [2.45, 2.75) is 24.9 Å². The molecule has 2 heterocycles. The number of amides is 1. The first-order valence-corrected chi connectivity index (χ1v) is 9.70. The van der Waals surface area contributed by atoms with E-state index in [9.17, 15) is 4.79 Å². The Labute approximate surface area is 160 Å². The van der Waals surface area contributed by atoms with Crippen molar-refractivity contribution in [1.29, 1.82) is 0 Å². The zero-order valence-electron chi connectivity index (χ0n) is 15.4. The number of nitrogens with one attached hydrogen (secondary N) is 2. The highest BCUT2D eigenvalue weighted by Crippen LogP contribution is 2.29. The van der Waals surface area contributed by atoms with Crippen LogP contribution in [0.1, 0.15) is 24.3 Å². The number of carbonyl (C=O) groups excluding carboxylic acids is 1. The summed E-state index contributed by atoms with van der Waals surface area (Å²) in [7, 11) is 0. The van der Waals surface area contributed by atoms with Gasteiger partial charge in [0.05, 0.1) is 19.1 Å². The summed E-state index contributed by atoms with van der Waals surface area (Å²) in [5, 5.41) is 6.43. The molecule has 0 spiro atoms. The molecule has 0 unspecified atom stereocenters. The van der Waals surface area contributed by atoms with Crippen molar-refractivity contribution >= 4 is 11.6 Å². The molecule has 2 aromatic rings. The van der Waals surface area contributed by atoms with Crippen LogP contribution in [0.4, 0.5) is 5.69 Å². The van der Waals surface area contributed by atoms with Gasteiger partial charge in [-0.05, 0) is 17.7 Å². The Hall–Kier alpha value is -2.37. The highest BCUT2D eigenvalue weighted by molar-refractivity contribution is 5.93. The number of anilines is 1. The van der Waals surface area contributed by atoms with Crippen molar-refractivity contribution < 1.29 is 14.3 Å². The Morgan fingerprint density at radius 1 is 1.04 bits per heavy atom. The molecule has 27 heavy (non-hydrogen) atoms. The SMILES string of the molecule is O=C(Nc1cccc(OC2CCOCC2)c1)[C@H]1CNC[C@@H]1c1ccccc1. The predicted octanol–water partition coefficient (Wildman–Crippen LogP) is 3.19. The lowest BCUT2D eigenvalue weighted by Crippen LogP contribution is -2.28. The molecular formula is C22H26N2O3. The second kappa shape index (κ2) is 8.55. The van der Waals surface area contributed by atoms with Gasteiger partial charge in [-0.1, -0.05) is 36.4 Å². The van der Waals surface area contributed by atoms with Gasteiger partial charge in [0.1, 0.15) is 11.9 Å². The molecular weight excluding hydrogens is 340 g/mol. The van der Waals surface area contributed by atoms with Crippen LogP contribution in [-0.2, 0) is 9.53 Å². The lowest BCUT2D eigenvalue weighted by molar-refractivity contribution is -0.119. The maximum absolute atomic E-state index is 12.9. The van der Waals surface area contributed by atoms with Crippen molar-refractivity contribution in [3.05, 3.63) is 60.2 Å². The van der Waals surface area contributed by atoms with E-state index in [1.165, 1.54) is 5.56 Å². The van der Waals surface area contributed by atoms with Gasteiger partial charge in [0.15, 0.2) is 0 Å². The van der Waals surface area contributed by atoms with E-state index < -0.39 is 0 Å². The van der Waals surface area contributed by atoms with E-state index in [0.717, 1.165) is 44.0 Å². The molecule has 2 saturated heterocycles. The third kappa shape index (κ3) is 4.49. The summed E-state index contributed by atoms with van der Waals surface area (Å²) in [6.45, 7) is 3.02. The Balaban J connectivity index is 1.41. The molecule has 2 aliphatic heterocycles.